The van der Waals surface area contributed by atoms with Crippen molar-refractivity contribution in [2.75, 3.05) is 38.5 Å². The largest absolute Gasteiger partial charge is 0.324 e. The molecule has 2 N–H and O–H groups in total. The molecule has 0 aromatic heterocycles. The highest BCUT2D eigenvalue weighted by Gasteiger charge is 2.17. The zero-order valence-corrected chi connectivity index (χ0v) is 13.7. The summed E-state index contributed by atoms with van der Waals surface area (Å²) in [4.78, 5) is 14.1. The first-order valence-electron chi connectivity index (χ1n) is 7.19. The van der Waals surface area contributed by atoms with Gasteiger partial charge in [-0.1, -0.05) is 29.3 Å². The molecule has 6 heteroatoms. The molecule has 2 rings (SSSR count). The van der Waals surface area contributed by atoms with E-state index in [4.69, 9.17) is 23.2 Å². The number of benzene rings is 1. The van der Waals surface area contributed by atoms with Crippen molar-refractivity contribution in [1.82, 2.24) is 10.2 Å². The van der Waals surface area contributed by atoms with Gasteiger partial charge in [-0.05, 0) is 51.0 Å². The van der Waals surface area contributed by atoms with Crippen molar-refractivity contribution in [3.05, 3.63) is 28.2 Å². The van der Waals surface area contributed by atoms with Gasteiger partial charge in [0, 0.05) is 6.54 Å². The van der Waals surface area contributed by atoms with E-state index in [0.29, 0.717) is 28.2 Å². The van der Waals surface area contributed by atoms with Gasteiger partial charge in [0.15, 0.2) is 0 Å². The minimum absolute atomic E-state index is 0.0735. The highest BCUT2D eigenvalue weighted by molar-refractivity contribution is 6.43. The SMILES string of the molecule is CN(CC(=O)Nc1cccc(Cl)c1Cl)CC1CCNCC1. The summed E-state index contributed by atoms with van der Waals surface area (Å²) in [6.45, 7) is 3.44. The number of halogens is 2. The summed E-state index contributed by atoms with van der Waals surface area (Å²) in [6.07, 6.45) is 2.35. The molecule has 0 radical (unpaired) electrons. The van der Waals surface area contributed by atoms with Gasteiger partial charge in [-0.25, -0.2) is 0 Å². The molecule has 0 atom stereocenters. The van der Waals surface area contributed by atoms with Gasteiger partial charge in [-0.3, -0.25) is 9.69 Å². The second-order valence-electron chi connectivity index (χ2n) is 5.54. The highest BCUT2D eigenvalue weighted by Crippen LogP contribution is 2.29. The summed E-state index contributed by atoms with van der Waals surface area (Å²) in [5.41, 5.74) is 0.560. The molecule has 4 nitrogen and oxygen atoms in total. The van der Waals surface area contributed by atoms with Crippen LogP contribution in [0.1, 0.15) is 12.8 Å². The van der Waals surface area contributed by atoms with E-state index in [0.717, 1.165) is 19.6 Å². The Bertz CT molecular complexity index is 490. The van der Waals surface area contributed by atoms with Gasteiger partial charge in [0.2, 0.25) is 5.91 Å². The predicted octanol–water partition coefficient (Wildman–Crippen LogP) is 2.86. The first kappa shape index (κ1) is 16.6. The van der Waals surface area contributed by atoms with Crippen LogP contribution >= 0.6 is 23.2 Å². The maximum atomic E-state index is 12.1. The molecule has 116 valence electrons. The molecule has 0 unspecified atom stereocenters. The number of carbonyl (C=O) groups excluding carboxylic acids is 1. The normalized spacial score (nSPS) is 16.2. The Kier molecular flexibility index (Phi) is 6.30. The number of likely N-dealkylation sites (N-methyl/N-ethyl adjacent to an activating group) is 1. The number of piperidine rings is 1. The minimum Gasteiger partial charge on any atom is -0.324 e. The lowest BCUT2D eigenvalue weighted by Gasteiger charge is -2.27. The van der Waals surface area contributed by atoms with Crippen molar-refractivity contribution in [3.63, 3.8) is 0 Å². The van der Waals surface area contributed by atoms with Gasteiger partial charge in [-0.15, -0.1) is 0 Å². The third-order valence-corrected chi connectivity index (χ3v) is 4.49. The molecular formula is C15H21Cl2N3O. The van der Waals surface area contributed by atoms with Crippen LogP contribution in [0.5, 0.6) is 0 Å². The molecule has 1 aromatic carbocycles. The molecule has 1 aliphatic heterocycles. The standard InChI is InChI=1S/C15H21Cl2N3O/c1-20(9-11-5-7-18-8-6-11)10-14(21)19-13-4-2-3-12(16)15(13)17/h2-4,11,18H,5-10H2,1H3,(H,19,21). The van der Waals surface area contributed by atoms with E-state index in [1.54, 1.807) is 18.2 Å². The summed E-state index contributed by atoms with van der Waals surface area (Å²) in [7, 11) is 1.97. The lowest BCUT2D eigenvalue weighted by molar-refractivity contribution is -0.117. The van der Waals surface area contributed by atoms with Crippen LogP contribution in [-0.2, 0) is 4.79 Å². The Hall–Kier alpha value is -0.810. The summed E-state index contributed by atoms with van der Waals surface area (Å²) < 4.78 is 0. The number of nitrogens with one attached hydrogen (secondary N) is 2. The van der Waals surface area contributed by atoms with Gasteiger partial charge in [-0.2, -0.15) is 0 Å². The van der Waals surface area contributed by atoms with Gasteiger partial charge in [0.25, 0.3) is 0 Å². The zero-order chi connectivity index (χ0) is 15.2. The quantitative estimate of drug-likeness (QED) is 0.873. The Morgan fingerprint density at radius 1 is 1.38 bits per heavy atom. The number of anilines is 1. The van der Waals surface area contributed by atoms with E-state index in [9.17, 15) is 4.79 Å². The molecule has 1 fully saturated rings. The molecule has 0 aliphatic carbocycles. The van der Waals surface area contributed by atoms with Crippen LogP contribution < -0.4 is 10.6 Å². The van der Waals surface area contributed by atoms with Crippen LogP contribution in [0.2, 0.25) is 10.0 Å². The van der Waals surface area contributed by atoms with E-state index in [-0.39, 0.29) is 5.91 Å². The Morgan fingerprint density at radius 3 is 2.81 bits per heavy atom. The summed E-state index contributed by atoms with van der Waals surface area (Å²) in [6, 6.07) is 5.21. The Morgan fingerprint density at radius 2 is 2.10 bits per heavy atom. The summed E-state index contributed by atoms with van der Waals surface area (Å²) in [5, 5.41) is 6.98. The van der Waals surface area contributed by atoms with E-state index < -0.39 is 0 Å². The molecule has 21 heavy (non-hydrogen) atoms. The van der Waals surface area contributed by atoms with E-state index in [2.05, 4.69) is 15.5 Å². The number of hydrogen-bond donors (Lipinski definition) is 2. The molecule has 1 heterocycles. The Balaban J connectivity index is 1.82. The van der Waals surface area contributed by atoms with Gasteiger partial charge >= 0.3 is 0 Å². The van der Waals surface area contributed by atoms with Crippen molar-refractivity contribution in [2.45, 2.75) is 12.8 Å². The number of hydrogen-bond acceptors (Lipinski definition) is 3. The summed E-state index contributed by atoms with van der Waals surface area (Å²) in [5.74, 6) is 0.592. The lowest BCUT2D eigenvalue weighted by Crippen LogP contribution is -2.37. The average molecular weight is 330 g/mol. The number of amides is 1. The fraction of sp³-hybridized carbons (Fsp3) is 0.533. The number of rotatable bonds is 5. The van der Waals surface area contributed by atoms with Crippen LogP contribution in [0.3, 0.4) is 0 Å². The smallest absolute Gasteiger partial charge is 0.238 e. The van der Waals surface area contributed by atoms with Gasteiger partial charge in [0.05, 0.1) is 22.3 Å². The maximum absolute atomic E-state index is 12.1. The second kappa shape index (κ2) is 7.99. The average Bonchev–Trinajstić information content (AvgIpc) is 2.44. The monoisotopic (exact) mass is 329 g/mol. The molecule has 0 saturated carbocycles. The third-order valence-electron chi connectivity index (χ3n) is 3.67. The fourth-order valence-corrected chi connectivity index (χ4v) is 2.95. The molecule has 0 bridgehead atoms. The first-order valence-corrected chi connectivity index (χ1v) is 7.95. The molecule has 1 amide bonds. The van der Waals surface area contributed by atoms with E-state index in [1.807, 2.05) is 7.05 Å². The molecule has 0 spiro atoms. The van der Waals surface area contributed by atoms with Crippen molar-refractivity contribution in [3.8, 4) is 0 Å². The molecular weight excluding hydrogens is 309 g/mol. The van der Waals surface area contributed by atoms with Crippen LogP contribution in [0, 0.1) is 5.92 Å². The summed E-state index contributed by atoms with van der Waals surface area (Å²) >= 11 is 12.0. The van der Waals surface area contributed by atoms with Crippen molar-refractivity contribution < 1.29 is 4.79 Å². The van der Waals surface area contributed by atoms with Gasteiger partial charge in [0.1, 0.15) is 0 Å². The van der Waals surface area contributed by atoms with Gasteiger partial charge < -0.3 is 10.6 Å². The molecule has 1 saturated heterocycles. The maximum Gasteiger partial charge on any atom is 0.238 e. The first-order chi connectivity index (χ1) is 10.1. The van der Waals surface area contributed by atoms with Crippen LogP contribution in [-0.4, -0.2) is 44.0 Å². The molecule has 1 aliphatic rings. The third kappa shape index (κ3) is 5.15. The van der Waals surface area contributed by atoms with Crippen LogP contribution in [0.4, 0.5) is 5.69 Å². The zero-order valence-electron chi connectivity index (χ0n) is 12.2. The predicted molar refractivity (Wildman–Crippen MR) is 88.2 cm³/mol. The van der Waals surface area contributed by atoms with Crippen LogP contribution in [0.15, 0.2) is 18.2 Å². The number of nitrogens with zero attached hydrogens (tertiary/aromatic N) is 1. The van der Waals surface area contributed by atoms with Crippen molar-refractivity contribution in [1.29, 1.82) is 0 Å². The number of carbonyl (C=O) groups is 1. The minimum atomic E-state index is -0.0735. The van der Waals surface area contributed by atoms with Crippen molar-refractivity contribution in [2.24, 2.45) is 5.92 Å². The van der Waals surface area contributed by atoms with Crippen LogP contribution in [0.25, 0.3) is 0 Å². The lowest BCUT2D eigenvalue weighted by atomic mass is 9.98. The van der Waals surface area contributed by atoms with E-state index in [1.165, 1.54) is 12.8 Å². The highest BCUT2D eigenvalue weighted by atomic mass is 35.5. The second-order valence-corrected chi connectivity index (χ2v) is 6.32. The Labute approximate surface area is 135 Å². The topological polar surface area (TPSA) is 44.4 Å². The van der Waals surface area contributed by atoms with Crippen molar-refractivity contribution >= 4 is 34.8 Å². The molecule has 1 aromatic rings. The van der Waals surface area contributed by atoms with E-state index >= 15 is 0 Å². The fourth-order valence-electron chi connectivity index (χ4n) is 2.60.